The van der Waals surface area contributed by atoms with Crippen molar-refractivity contribution in [2.45, 2.75) is 0 Å². The molecule has 0 amide bonds. The average Bonchev–Trinajstić information content (AvgIpc) is 1.89. The monoisotopic (exact) mass is 125 g/mol. The molecule has 0 aromatic heterocycles. The highest BCUT2D eigenvalue weighted by Crippen LogP contribution is 1.69. The van der Waals surface area contributed by atoms with Gasteiger partial charge in [-0.3, -0.25) is 5.43 Å². The summed E-state index contributed by atoms with van der Waals surface area (Å²) < 4.78 is 0. The third-order valence-corrected chi connectivity index (χ3v) is 0.636. The van der Waals surface area contributed by atoms with Crippen molar-refractivity contribution >= 4 is 6.72 Å². The van der Waals surface area contributed by atoms with Gasteiger partial charge in [-0.05, 0) is 18.4 Å². The van der Waals surface area contributed by atoms with Gasteiger partial charge < -0.3 is 5.32 Å². The second-order valence-electron chi connectivity index (χ2n) is 1.29. The highest BCUT2D eigenvalue weighted by molar-refractivity contribution is 5.22. The van der Waals surface area contributed by atoms with Gasteiger partial charge in [0, 0.05) is 20.0 Å². The fourth-order valence-corrected chi connectivity index (χ4v) is 0.303. The molecule has 2 N–H and O–H groups in total. The first kappa shape index (κ1) is 7.75. The zero-order chi connectivity index (χ0) is 6.95. The van der Waals surface area contributed by atoms with Crippen LogP contribution in [0, 0.1) is 0 Å². The van der Waals surface area contributed by atoms with Crippen molar-refractivity contribution in [1.82, 2.24) is 10.7 Å². The number of hydrazone groups is 1. The van der Waals surface area contributed by atoms with E-state index in [1.54, 1.807) is 12.4 Å². The molecular formula is C6H11N3. The summed E-state index contributed by atoms with van der Waals surface area (Å²) in [7, 11) is 1.84. The Bertz CT molecular complexity index is 115. The van der Waals surface area contributed by atoms with Crippen LogP contribution in [-0.4, -0.2) is 13.8 Å². The highest BCUT2D eigenvalue weighted by atomic mass is 15.3. The summed E-state index contributed by atoms with van der Waals surface area (Å²) in [4.78, 5) is 0. The Balaban J connectivity index is 3.23. The molecule has 3 heteroatoms. The lowest BCUT2D eigenvalue weighted by Gasteiger charge is -1.82. The first-order valence-corrected chi connectivity index (χ1v) is 2.62. The van der Waals surface area contributed by atoms with Crippen molar-refractivity contribution in [2.75, 3.05) is 7.05 Å². The van der Waals surface area contributed by atoms with Crippen LogP contribution in [0.25, 0.3) is 0 Å². The van der Waals surface area contributed by atoms with Gasteiger partial charge in [0.2, 0.25) is 0 Å². The fourth-order valence-electron chi connectivity index (χ4n) is 0.303. The lowest BCUT2D eigenvalue weighted by Crippen LogP contribution is -1.91. The fraction of sp³-hybridized carbons (Fsp3) is 0.167. The minimum absolute atomic E-state index is 1.68. The Labute approximate surface area is 55.1 Å². The van der Waals surface area contributed by atoms with Crippen LogP contribution in [0.1, 0.15) is 0 Å². The van der Waals surface area contributed by atoms with Crippen LogP contribution in [0.2, 0.25) is 0 Å². The molecule has 0 aliphatic carbocycles. The van der Waals surface area contributed by atoms with E-state index in [4.69, 9.17) is 0 Å². The van der Waals surface area contributed by atoms with Gasteiger partial charge in [-0.1, -0.05) is 0 Å². The molecule has 50 valence electrons. The number of hydrogen-bond donors (Lipinski definition) is 2. The zero-order valence-electron chi connectivity index (χ0n) is 5.46. The van der Waals surface area contributed by atoms with E-state index in [0.717, 1.165) is 0 Å². The first-order chi connectivity index (χ1) is 4.41. The third kappa shape index (κ3) is 6.75. The van der Waals surface area contributed by atoms with E-state index < -0.39 is 0 Å². The van der Waals surface area contributed by atoms with Gasteiger partial charge in [-0.25, -0.2) is 0 Å². The molecule has 0 bridgehead atoms. The second kappa shape index (κ2) is 6.75. The standard InChI is InChI=1S/C6H11N3/c1-7-5-3-4-6-9-8-2/h3-7,9H,2H2,1H3/b5-3-,6-4+. The minimum Gasteiger partial charge on any atom is -0.394 e. The molecule has 0 fully saturated rings. The number of allylic oxidation sites excluding steroid dienone is 2. The molecular weight excluding hydrogens is 114 g/mol. The van der Waals surface area contributed by atoms with Crippen molar-refractivity contribution in [3.63, 3.8) is 0 Å². The molecule has 0 radical (unpaired) electrons. The molecule has 0 heterocycles. The van der Waals surface area contributed by atoms with Crippen LogP contribution in [-0.2, 0) is 0 Å². The topological polar surface area (TPSA) is 36.4 Å². The Hall–Kier alpha value is -1.25. The molecule has 3 nitrogen and oxygen atoms in total. The van der Waals surface area contributed by atoms with Gasteiger partial charge in [0.15, 0.2) is 0 Å². The van der Waals surface area contributed by atoms with E-state index in [9.17, 15) is 0 Å². The third-order valence-electron chi connectivity index (χ3n) is 0.636. The van der Waals surface area contributed by atoms with E-state index in [2.05, 4.69) is 22.6 Å². The average molecular weight is 125 g/mol. The van der Waals surface area contributed by atoms with Crippen LogP contribution in [0.4, 0.5) is 0 Å². The predicted octanol–water partition coefficient (Wildman–Crippen LogP) is 0.438. The molecule has 0 saturated carbocycles. The van der Waals surface area contributed by atoms with Crippen LogP contribution in [0.15, 0.2) is 29.7 Å². The van der Waals surface area contributed by atoms with Crippen molar-refractivity contribution < 1.29 is 0 Å². The van der Waals surface area contributed by atoms with Gasteiger partial charge >= 0.3 is 0 Å². The highest BCUT2D eigenvalue weighted by Gasteiger charge is 1.60. The summed E-state index contributed by atoms with van der Waals surface area (Å²) in [5, 5.41) is 6.23. The van der Waals surface area contributed by atoms with E-state index in [1.165, 1.54) is 0 Å². The predicted molar refractivity (Wildman–Crippen MR) is 40.0 cm³/mol. The van der Waals surface area contributed by atoms with E-state index in [-0.39, 0.29) is 0 Å². The molecule has 0 unspecified atom stereocenters. The van der Waals surface area contributed by atoms with Crippen molar-refractivity contribution in [3.05, 3.63) is 24.6 Å². The Morgan fingerprint density at radius 3 is 2.56 bits per heavy atom. The first-order valence-electron chi connectivity index (χ1n) is 2.62. The smallest absolute Gasteiger partial charge is 0.0200 e. The quantitative estimate of drug-likeness (QED) is 0.325. The number of nitrogens with zero attached hydrogens (tertiary/aromatic N) is 1. The summed E-state index contributed by atoms with van der Waals surface area (Å²) >= 11 is 0. The SMILES string of the molecule is C=NN/C=C/C=C\NC. The maximum absolute atomic E-state index is 3.39. The van der Waals surface area contributed by atoms with Crippen LogP contribution < -0.4 is 10.7 Å². The van der Waals surface area contributed by atoms with Gasteiger partial charge in [-0.15, -0.1) is 0 Å². The largest absolute Gasteiger partial charge is 0.394 e. The summed E-state index contributed by atoms with van der Waals surface area (Å²) in [5.41, 5.74) is 2.56. The number of nitrogens with one attached hydrogen (secondary N) is 2. The normalized spacial score (nSPS) is 10.3. The molecule has 0 aliphatic rings. The van der Waals surface area contributed by atoms with Gasteiger partial charge in [0.05, 0.1) is 0 Å². The molecule has 0 rings (SSSR count). The Morgan fingerprint density at radius 1 is 1.33 bits per heavy atom. The van der Waals surface area contributed by atoms with E-state index in [0.29, 0.717) is 0 Å². The Morgan fingerprint density at radius 2 is 2.00 bits per heavy atom. The number of hydrogen-bond acceptors (Lipinski definition) is 3. The summed E-state index contributed by atoms with van der Waals surface area (Å²) in [6, 6.07) is 0. The maximum atomic E-state index is 3.39. The zero-order valence-corrected chi connectivity index (χ0v) is 5.46. The van der Waals surface area contributed by atoms with Crippen LogP contribution in [0.3, 0.4) is 0 Å². The molecule has 0 spiro atoms. The van der Waals surface area contributed by atoms with Crippen molar-refractivity contribution in [1.29, 1.82) is 0 Å². The summed E-state index contributed by atoms with van der Waals surface area (Å²) in [6.07, 6.45) is 7.14. The summed E-state index contributed by atoms with van der Waals surface area (Å²) in [6.45, 7) is 3.23. The van der Waals surface area contributed by atoms with Crippen molar-refractivity contribution in [3.8, 4) is 0 Å². The van der Waals surface area contributed by atoms with Gasteiger partial charge in [-0.2, -0.15) is 5.10 Å². The van der Waals surface area contributed by atoms with E-state index in [1.807, 2.05) is 19.2 Å². The lowest BCUT2D eigenvalue weighted by molar-refractivity contribution is 0.981. The lowest BCUT2D eigenvalue weighted by atomic mass is 10.6. The molecule has 0 aromatic rings. The molecule has 0 aromatic carbocycles. The number of rotatable bonds is 4. The second-order valence-corrected chi connectivity index (χ2v) is 1.29. The van der Waals surface area contributed by atoms with Gasteiger partial charge in [0.25, 0.3) is 0 Å². The molecule has 9 heavy (non-hydrogen) atoms. The minimum atomic E-state index is 1.68. The van der Waals surface area contributed by atoms with Crippen LogP contribution in [0.5, 0.6) is 0 Å². The molecule has 0 aliphatic heterocycles. The maximum Gasteiger partial charge on any atom is 0.0200 e. The van der Waals surface area contributed by atoms with Gasteiger partial charge in [0.1, 0.15) is 0 Å². The van der Waals surface area contributed by atoms with E-state index >= 15 is 0 Å². The summed E-state index contributed by atoms with van der Waals surface area (Å²) in [5.74, 6) is 0. The molecule has 0 atom stereocenters. The van der Waals surface area contributed by atoms with Crippen LogP contribution >= 0.6 is 0 Å². The van der Waals surface area contributed by atoms with Crippen molar-refractivity contribution in [2.24, 2.45) is 5.10 Å². The Kier molecular flexibility index (Phi) is 5.81. The molecule has 0 saturated heterocycles.